The van der Waals surface area contributed by atoms with Gasteiger partial charge in [0.2, 0.25) is 15.9 Å². The van der Waals surface area contributed by atoms with Crippen LogP contribution in [0.15, 0.2) is 23.1 Å². The summed E-state index contributed by atoms with van der Waals surface area (Å²) in [5.41, 5.74) is 1.01. The smallest absolute Gasteiger partial charge is 0.245 e. The van der Waals surface area contributed by atoms with Gasteiger partial charge in [-0.3, -0.25) is 4.79 Å². The molecule has 0 N–H and O–H groups in total. The summed E-state index contributed by atoms with van der Waals surface area (Å²) in [5, 5.41) is 0. The highest BCUT2D eigenvalue weighted by atomic mass is 32.2. The molecular weight excluding hydrogens is 348 g/mol. The van der Waals surface area contributed by atoms with Crippen LogP contribution < -0.4 is 0 Å². The molecule has 3 rings (SSSR count). The number of sulfonamides is 1. The van der Waals surface area contributed by atoms with Gasteiger partial charge in [-0.25, -0.2) is 8.42 Å². The minimum absolute atomic E-state index is 0.111. The van der Waals surface area contributed by atoms with Crippen molar-refractivity contribution in [3.05, 3.63) is 18.2 Å². The zero-order chi connectivity index (χ0) is 17.2. The summed E-state index contributed by atoms with van der Waals surface area (Å²) in [7, 11) is -3.63. The molecule has 1 saturated heterocycles. The average Bonchev–Trinajstić information content (AvgIpc) is 3.08. The van der Waals surface area contributed by atoms with E-state index in [0.717, 1.165) is 24.6 Å². The lowest BCUT2D eigenvalue weighted by Crippen LogP contribution is -2.50. The maximum Gasteiger partial charge on any atom is 0.245 e. The van der Waals surface area contributed by atoms with Crippen LogP contribution in [0, 0.1) is 0 Å². The van der Waals surface area contributed by atoms with Crippen LogP contribution in [0.5, 0.6) is 0 Å². The number of hydrogen-bond acceptors (Lipinski definition) is 6. The number of nitrogens with zero attached hydrogens (tertiary/aromatic N) is 4. The molecule has 1 aliphatic heterocycles. The summed E-state index contributed by atoms with van der Waals surface area (Å²) >= 11 is 1.01. The zero-order valence-corrected chi connectivity index (χ0v) is 15.1. The summed E-state index contributed by atoms with van der Waals surface area (Å²) in [5.74, 6) is 0.111. The first-order valence-electron chi connectivity index (χ1n) is 8.03. The SMILES string of the molecule is CCCCC(=O)N1CCN(S(=O)(=O)c2cccc3nsnc23)CC1. The van der Waals surface area contributed by atoms with E-state index in [9.17, 15) is 13.2 Å². The maximum atomic E-state index is 12.9. The van der Waals surface area contributed by atoms with Crippen LogP contribution >= 0.6 is 11.7 Å². The van der Waals surface area contributed by atoms with E-state index >= 15 is 0 Å². The molecule has 1 aliphatic rings. The Hall–Kier alpha value is -1.58. The maximum absolute atomic E-state index is 12.9. The molecule has 1 aromatic carbocycles. The summed E-state index contributed by atoms with van der Waals surface area (Å²) in [4.78, 5) is 14.0. The quantitative estimate of drug-likeness (QED) is 0.802. The van der Waals surface area contributed by atoms with Gasteiger partial charge < -0.3 is 4.90 Å². The molecule has 0 spiro atoms. The van der Waals surface area contributed by atoms with Crippen LogP contribution in [0.4, 0.5) is 0 Å². The van der Waals surface area contributed by atoms with Crippen LogP contribution in [0.1, 0.15) is 26.2 Å². The average molecular weight is 368 g/mol. The third-order valence-corrected chi connectivity index (χ3v) is 6.68. The number of rotatable bonds is 5. The predicted octanol–water partition coefficient (Wildman–Crippen LogP) is 1.71. The van der Waals surface area contributed by atoms with Crippen LogP contribution in [0.3, 0.4) is 0 Å². The van der Waals surface area contributed by atoms with Crippen molar-refractivity contribution in [2.24, 2.45) is 0 Å². The molecule has 0 atom stereocenters. The summed E-state index contributed by atoms with van der Waals surface area (Å²) in [6.07, 6.45) is 2.38. The highest BCUT2D eigenvalue weighted by Gasteiger charge is 2.31. The Kier molecular flexibility index (Phi) is 5.12. The number of hydrogen-bond donors (Lipinski definition) is 0. The number of benzene rings is 1. The van der Waals surface area contributed by atoms with Crippen molar-refractivity contribution in [3.63, 3.8) is 0 Å². The zero-order valence-electron chi connectivity index (χ0n) is 13.5. The molecule has 2 aromatic rings. The third kappa shape index (κ3) is 3.28. The number of carbonyl (C=O) groups is 1. The second kappa shape index (κ2) is 7.12. The van der Waals surface area contributed by atoms with Gasteiger partial charge in [-0.2, -0.15) is 13.1 Å². The number of amides is 1. The fourth-order valence-electron chi connectivity index (χ4n) is 2.79. The summed E-state index contributed by atoms with van der Waals surface area (Å²) in [6.45, 7) is 3.55. The lowest BCUT2D eigenvalue weighted by atomic mass is 10.2. The van der Waals surface area contributed by atoms with Crippen LogP contribution in [-0.4, -0.2) is 58.5 Å². The molecule has 0 radical (unpaired) electrons. The standard InChI is InChI=1S/C15H20N4O3S2/c1-2-3-7-14(20)18-8-10-19(11-9-18)24(21,22)13-6-4-5-12-15(13)17-23-16-12/h4-6H,2-3,7-11H2,1H3. The van der Waals surface area contributed by atoms with Gasteiger partial charge in [-0.05, 0) is 18.6 Å². The van der Waals surface area contributed by atoms with Crippen LogP contribution in [0.2, 0.25) is 0 Å². The Morgan fingerprint density at radius 1 is 1.21 bits per heavy atom. The van der Waals surface area contributed by atoms with Gasteiger partial charge in [0.1, 0.15) is 15.9 Å². The van der Waals surface area contributed by atoms with Crippen LogP contribution in [-0.2, 0) is 14.8 Å². The molecule has 1 amide bonds. The Morgan fingerprint density at radius 3 is 2.67 bits per heavy atom. The van der Waals surface area contributed by atoms with Gasteiger partial charge in [0.15, 0.2) is 0 Å². The minimum atomic E-state index is -3.63. The van der Waals surface area contributed by atoms with E-state index in [2.05, 4.69) is 8.75 Å². The van der Waals surface area contributed by atoms with Gasteiger partial charge in [-0.1, -0.05) is 19.4 Å². The minimum Gasteiger partial charge on any atom is -0.340 e. The number of piperazine rings is 1. The van der Waals surface area contributed by atoms with Gasteiger partial charge in [0.05, 0.1) is 11.7 Å². The number of unbranched alkanes of at least 4 members (excludes halogenated alkanes) is 1. The van der Waals surface area contributed by atoms with E-state index in [0.29, 0.717) is 43.6 Å². The molecule has 24 heavy (non-hydrogen) atoms. The van der Waals surface area contributed by atoms with Crippen molar-refractivity contribution >= 4 is 38.7 Å². The first-order valence-corrected chi connectivity index (χ1v) is 10.2. The topological polar surface area (TPSA) is 83.5 Å². The molecule has 0 bridgehead atoms. The fourth-order valence-corrected chi connectivity index (χ4v) is 4.97. The lowest BCUT2D eigenvalue weighted by Gasteiger charge is -2.34. The largest absolute Gasteiger partial charge is 0.340 e. The lowest BCUT2D eigenvalue weighted by molar-refractivity contribution is -0.132. The Balaban J connectivity index is 1.74. The Bertz CT molecular complexity index is 826. The number of fused-ring (bicyclic) bond motifs is 1. The molecule has 1 aromatic heterocycles. The normalized spacial score (nSPS) is 16.6. The van der Waals surface area contributed by atoms with Crippen molar-refractivity contribution < 1.29 is 13.2 Å². The first-order chi connectivity index (χ1) is 11.5. The second-order valence-electron chi connectivity index (χ2n) is 5.78. The van der Waals surface area contributed by atoms with E-state index in [1.165, 1.54) is 4.31 Å². The van der Waals surface area contributed by atoms with Crippen LogP contribution in [0.25, 0.3) is 11.0 Å². The van der Waals surface area contributed by atoms with Gasteiger partial charge in [-0.15, -0.1) is 0 Å². The first kappa shape index (κ1) is 17.2. The highest BCUT2D eigenvalue weighted by molar-refractivity contribution is 7.89. The molecule has 9 heteroatoms. The van der Waals surface area contributed by atoms with Crippen molar-refractivity contribution in [1.29, 1.82) is 0 Å². The number of carbonyl (C=O) groups excluding carboxylic acids is 1. The highest BCUT2D eigenvalue weighted by Crippen LogP contribution is 2.25. The monoisotopic (exact) mass is 368 g/mol. The molecule has 0 saturated carbocycles. The van der Waals surface area contributed by atoms with Crippen molar-refractivity contribution in [2.45, 2.75) is 31.1 Å². The van der Waals surface area contributed by atoms with E-state index in [1.54, 1.807) is 23.1 Å². The van der Waals surface area contributed by atoms with Crippen molar-refractivity contribution in [1.82, 2.24) is 18.0 Å². The van der Waals surface area contributed by atoms with E-state index < -0.39 is 10.0 Å². The summed E-state index contributed by atoms with van der Waals surface area (Å²) < 4.78 is 35.5. The van der Waals surface area contributed by atoms with Gasteiger partial charge in [0, 0.05) is 32.6 Å². The van der Waals surface area contributed by atoms with E-state index in [-0.39, 0.29) is 10.8 Å². The predicted molar refractivity (Wildman–Crippen MR) is 92.3 cm³/mol. The van der Waals surface area contributed by atoms with E-state index in [1.807, 2.05) is 6.92 Å². The van der Waals surface area contributed by atoms with Gasteiger partial charge >= 0.3 is 0 Å². The fraction of sp³-hybridized carbons (Fsp3) is 0.533. The van der Waals surface area contributed by atoms with Crippen molar-refractivity contribution in [2.75, 3.05) is 26.2 Å². The third-order valence-electron chi connectivity index (χ3n) is 4.20. The molecule has 2 heterocycles. The molecule has 0 aliphatic carbocycles. The van der Waals surface area contributed by atoms with E-state index in [4.69, 9.17) is 0 Å². The molecule has 0 unspecified atom stereocenters. The molecule has 7 nitrogen and oxygen atoms in total. The molecule has 130 valence electrons. The van der Waals surface area contributed by atoms with Gasteiger partial charge in [0.25, 0.3) is 0 Å². The molecular formula is C15H20N4O3S2. The molecule has 1 fully saturated rings. The van der Waals surface area contributed by atoms with Crippen molar-refractivity contribution in [3.8, 4) is 0 Å². The Labute approximate surface area is 145 Å². The second-order valence-corrected chi connectivity index (χ2v) is 8.21. The number of aromatic nitrogens is 2. The Morgan fingerprint density at radius 2 is 1.96 bits per heavy atom. The summed E-state index contributed by atoms with van der Waals surface area (Å²) in [6, 6.07) is 5.00.